The standard InChI is InChI=1S/C13H10F3N3O/c1-8-6-9(13(14,15)16)7-18-11(8)12(20)19-10-4-2-3-5-17-10/h2-7H,1H3,(H,17,19,20). The van der Waals surface area contributed by atoms with Crippen LogP contribution in [-0.2, 0) is 6.18 Å². The average Bonchev–Trinajstić information content (AvgIpc) is 2.38. The summed E-state index contributed by atoms with van der Waals surface area (Å²) in [5, 5.41) is 2.46. The number of rotatable bonds is 2. The lowest BCUT2D eigenvalue weighted by Gasteiger charge is -2.10. The molecule has 2 heterocycles. The van der Waals surface area contributed by atoms with Gasteiger partial charge < -0.3 is 5.32 Å². The van der Waals surface area contributed by atoms with Crippen LogP contribution in [0.1, 0.15) is 21.6 Å². The highest BCUT2D eigenvalue weighted by Gasteiger charge is 2.31. The number of aryl methyl sites for hydroxylation is 1. The Morgan fingerprint density at radius 1 is 1.25 bits per heavy atom. The van der Waals surface area contributed by atoms with E-state index in [4.69, 9.17) is 0 Å². The van der Waals surface area contributed by atoms with Crippen molar-refractivity contribution in [2.75, 3.05) is 5.32 Å². The highest BCUT2D eigenvalue weighted by molar-refractivity contribution is 6.03. The molecule has 0 unspecified atom stereocenters. The van der Waals surface area contributed by atoms with E-state index in [1.54, 1.807) is 18.2 Å². The first-order valence-corrected chi connectivity index (χ1v) is 5.64. The molecule has 2 aromatic heterocycles. The van der Waals surface area contributed by atoms with Crippen molar-refractivity contribution in [1.82, 2.24) is 9.97 Å². The maximum atomic E-state index is 12.5. The molecule has 1 amide bonds. The normalized spacial score (nSPS) is 11.2. The van der Waals surface area contributed by atoms with Gasteiger partial charge in [0.1, 0.15) is 11.5 Å². The van der Waals surface area contributed by atoms with Crippen LogP contribution in [0.25, 0.3) is 0 Å². The van der Waals surface area contributed by atoms with E-state index in [0.29, 0.717) is 12.0 Å². The molecule has 0 bridgehead atoms. The molecule has 0 aromatic carbocycles. The molecule has 2 rings (SSSR count). The van der Waals surface area contributed by atoms with Crippen molar-refractivity contribution in [3.8, 4) is 0 Å². The minimum absolute atomic E-state index is 0.0661. The third-order valence-electron chi connectivity index (χ3n) is 2.53. The lowest BCUT2D eigenvalue weighted by molar-refractivity contribution is -0.137. The van der Waals surface area contributed by atoms with Crippen LogP contribution in [0, 0.1) is 6.92 Å². The lowest BCUT2D eigenvalue weighted by Crippen LogP contribution is -2.17. The maximum absolute atomic E-state index is 12.5. The molecule has 0 radical (unpaired) electrons. The van der Waals surface area contributed by atoms with E-state index in [-0.39, 0.29) is 11.3 Å². The van der Waals surface area contributed by atoms with E-state index in [1.165, 1.54) is 13.1 Å². The fourth-order valence-corrected chi connectivity index (χ4v) is 1.58. The van der Waals surface area contributed by atoms with Gasteiger partial charge in [-0.15, -0.1) is 0 Å². The molecule has 4 nitrogen and oxygen atoms in total. The van der Waals surface area contributed by atoms with Crippen LogP contribution in [0.15, 0.2) is 36.7 Å². The topological polar surface area (TPSA) is 54.9 Å². The minimum atomic E-state index is -4.48. The number of alkyl halides is 3. The third kappa shape index (κ3) is 3.11. The van der Waals surface area contributed by atoms with Crippen molar-refractivity contribution in [2.45, 2.75) is 13.1 Å². The third-order valence-corrected chi connectivity index (χ3v) is 2.53. The predicted octanol–water partition coefficient (Wildman–Crippen LogP) is 3.06. The first-order chi connectivity index (χ1) is 9.38. The Balaban J connectivity index is 2.23. The molecule has 7 heteroatoms. The van der Waals surface area contributed by atoms with E-state index in [9.17, 15) is 18.0 Å². The van der Waals surface area contributed by atoms with Gasteiger partial charge in [0.25, 0.3) is 5.91 Å². The summed E-state index contributed by atoms with van der Waals surface area (Å²) in [4.78, 5) is 19.4. The predicted molar refractivity (Wildman–Crippen MR) is 66.2 cm³/mol. The number of nitrogens with zero attached hydrogens (tertiary/aromatic N) is 2. The van der Waals surface area contributed by atoms with Crippen LogP contribution in [0.3, 0.4) is 0 Å². The Kier molecular flexibility index (Phi) is 3.69. The molecule has 20 heavy (non-hydrogen) atoms. The molecule has 2 aromatic rings. The monoisotopic (exact) mass is 281 g/mol. The zero-order valence-corrected chi connectivity index (χ0v) is 10.4. The number of nitrogens with one attached hydrogen (secondary N) is 1. The van der Waals surface area contributed by atoms with Gasteiger partial charge in [-0.25, -0.2) is 4.98 Å². The van der Waals surface area contributed by atoms with Gasteiger partial charge in [0.2, 0.25) is 0 Å². The van der Waals surface area contributed by atoms with E-state index < -0.39 is 17.6 Å². The van der Waals surface area contributed by atoms with Crippen LogP contribution >= 0.6 is 0 Å². The average molecular weight is 281 g/mol. The molecular weight excluding hydrogens is 271 g/mol. The Morgan fingerprint density at radius 2 is 2.00 bits per heavy atom. The number of anilines is 1. The number of amides is 1. The van der Waals surface area contributed by atoms with Crippen LogP contribution < -0.4 is 5.32 Å². The first-order valence-electron chi connectivity index (χ1n) is 5.64. The van der Waals surface area contributed by atoms with Crippen LogP contribution in [0.4, 0.5) is 19.0 Å². The molecule has 0 spiro atoms. The zero-order chi connectivity index (χ0) is 14.8. The van der Waals surface area contributed by atoms with Gasteiger partial charge in [-0.05, 0) is 30.7 Å². The molecule has 0 aliphatic carbocycles. The molecule has 0 saturated carbocycles. The van der Waals surface area contributed by atoms with E-state index in [2.05, 4.69) is 15.3 Å². The van der Waals surface area contributed by atoms with Crippen molar-refractivity contribution in [2.24, 2.45) is 0 Å². The van der Waals surface area contributed by atoms with Gasteiger partial charge in [-0.1, -0.05) is 6.07 Å². The number of carbonyl (C=O) groups is 1. The number of hydrogen-bond donors (Lipinski definition) is 1. The van der Waals surface area contributed by atoms with Crippen molar-refractivity contribution in [1.29, 1.82) is 0 Å². The van der Waals surface area contributed by atoms with Gasteiger partial charge in [-0.3, -0.25) is 9.78 Å². The fraction of sp³-hybridized carbons (Fsp3) is 0.154. The number of halogens is 3. The summed E-state index contributed by atoms with van der Waals surface area (Å²) in [5.41, 5.74) is -0.804. The lowest BCUT2D eigenvalue weighted by atomic mass is 10.1. The molecular formula is C13H10F3N3O. The Bertz CT molecular complexity index is 627. The zero-order valence-electron chi connectivity index (χ0n) is 10.4. The first kappa shape index (κ1) is 14.0. The van der Waals surface area contributed by atoms with E-state index in [0.717, 1.165) is 6.07 Å². The molecule has 0 atom stereocenters. The van der Waals surface area contributed by atoms with Crippen molar-refractivity contribution >= 4 is 11.7 Å². The smallest absolute Gasteiger partial charge is 0.305 e. The van der Waals surface area contributed by atoms with Crippen LogP contribution in [-0.4, -0.2) is 15.9 Å². The second-order valence-electron chi connectivity index (χ2n) is 4.06. The van der Waals surface area contributed by atoms with Gasteiger partial charge in [0, 0.05) is 12.4 Å². The number of pyridine rings is 2. The Labute approximate surface area is 112 Å². The Morgan fingerprint density at radius 3 is 2.55 bits per heavy atom. The van der Waals surface area contributed by atoms with Crippen molar-refractivity contribution in [3.63, 3.8) is 0 Å². The Hall–Kier alpha value is -2.44. The minimum Gasteiger partial charge on any atom is -0.305 e. The highest BCUT2D eigenvalue weighted by atomic mass is 19.4. The largest absolute Gasteiger partial charge is 0.417 e. The maximum Gasteiger partial charge on any atom is 0.417 e. The summed E-state index contributed by atoms with van der Waals surface area (Å²) in [6.45, 7) is 1.40. The van der Waals surface area contributed by atoms with Gasteiger partial charge in [-0.2, -0.15) is 13.2 Å². The quantitative estimate of drug-likeness (QED) is 0.920. The van der Waals surface area contributed by atoms with Crippen LogP contribution in [0.2, 0.25) is 0 Å². The number of hydrogen-bond acceptors (Lipinski definition) is 3. The molecule has 1 N–H and O–H groups in total. The molecule has 0 saturated heterocycles. The molecule has 104 valence electrons. The summed E-state index contributed by atoms with van der Waals surface area (Å²) in [6.07, 6.45) is -2.35. The molecule has 0 aliphatic heterocycles. The SMILES string of the molecule is Cc1cc(C(F)(F)F)cnc1C(=O)Nc1ccccn1. The highest BCUT2D eigenvalue weighted by Crippen LogP contribution is 2.29. The summed E-state index contributed by atoms with van der Waals surface area (Å²) in [5.74, 6) is -0.298. The van der Waals surface area contributed by atoms with Crippen molar-refractivity contribution < 1.29 is 18.0 Å². The van der Waals surface area contributed by atoms with Gasteiger partial charge in [0.05, 0.1) is 5.56 Å². The summed E-state index contributed by atoms with van der Waals surface area (Å²) < 4.78 is 37.5. The van der Waals surface area contributed by atoms with Crippen LogP contribution in [0.5, 0.6) is 0 Å². The van der Waals surface area contributed by atoms with Gasteiger partial charge >= 0.3 is 6.18 Å². The second kappa shape index (κ2) is 5.28. The summed E-state index contributed by atoms with van der Waals surface area (Å²) in [6, 6.07) is 5.81. The second-order valence-corrected chi connectivity index (χ2v) is 4.06. The summed E-state index contributed by atoms with van der Waals surface area (Å²) in [7, 11) is 0. The molecule has 0 fully saturated rings. The number of carbonyl (C=O) groups excluding carboxylic acids is 1. The fourth-order valence-electron chi connectivity index (χ4n) is 1.58. The summed E-state index contributed by atoms with van der Waals surface area (Å²) >= 11 is 0. The number of aromatic nitrogens is 2. The van der Waals surface area contributed by atoms with E-state index in [1.807, 2.05) is 0 Å². The van der Waals surface area contributed by atoms with Crippen molar-refractivity contribution in [3.05, 3.63) is 53.5 Å². The molecule has 0 aliphatic rings. The van der Waals surface area contributed by atoms with Gasteiger partial charge in [0.15, 0.2) is 0 Å². The van der Waals surface area contributed by atoms with E-state index >= 15 is 0 Å².